The fraction of sp³-hybridized carbons (Fsp3) is 0.647. The molecule has 1 aliphatic carbocycles. The lowest BCUT2D eigenvalue weighted by molar-refractivity contribution is 0.162. The molecular weight excluding hydrogens is 253 g/mol. The highest BCUT2D eigenvalue weighted by Gasteiger charge is 2.34. The average Bonchev–Trinajstić information content (AvgIpc) is 2.40. The molecule has 1 aliphatic rings. The van der Waals surface area contributed by atoms with Crippen LogP contribution in [0, 0.1) is 17.2 Å². The standard InChI is InChI=1S/C17H26FNO/c1-17(2,3)13-7-5-6-8-14(13)19-15-10-9-12(18)11-16(15)20-4/h9-11,13-14,19H,5-8H2,1-4H3. The normalized spacial score (nSPS) is 23.4. The van der Waals surface area contributed by atoms with E-state index >= 15 is 0 Å². The summed E-state index contributed by atoms with van der Waals surface area (Å²) in [5.74, 6) is 0.956. The first-order valence-electron chi connectivity index (χ1n) is 7.52. The number of anilines is 1. The molecule has 112 valence electrons. The number of ether oxygens (including phenoxy) is 1. The van der Waals surface area contributed by atoms with Gasteiger partial charge in [0.15, 0.2) is 0 Å². The summed E-state index contributed by atoms with van der Waals surface area (Å²) in [6.07, 6.45) is 4.99. The van der Waals surface area contributed by atoms with Gasteiger partial charge in [-0.15, -0.1) is 0 Å². The molecule has 1 N–H and O–H groups in total. The number of methoxy groups -OCH3 is 1. The number of halogens is 1. The summed E-state index contributed by atoms with van der Waals surface area (Å²) in [6.45, 7) is 6.92. The molecule has 0 aliphatic heterocycles. The van der Waals surface area contributed by atoms with E-state index in [9.17, 15) is 4.39 Å². The van der Waals surface area contributed by atoms with E-state index in [1.54, 1.807) is 13.2 Å². The van der Waals surface area contributed by atoms with Gasteiger partial charge < -0.3 is 10.1 Å². The number of hydrogen-bond donors (Lipinski definition) is 1. The molecule has 1 saturated carbocycles. The van der Waals surface area contributed by atoms with E-state index in [1.165, 1.54) is 37.8 Å². The summed E-state index contributed by atoms with van der Waals surface area (Å²) in [5.41, 5.74) is 1.18. The zero-order valence-electron chi connectivity index (χ0n) is 13.0. The smallest absolute Gasteiger partial charge is 0.144 e. The molecule has 0 spiro atoms. The molecule has 0 aromatic heterocycles. The van der Waals surface area contributed by atoms with Crippen LogP contribution in [0.5, 0.6) is 5.75 Å². The topological polar surface area (TPSA) is 21.3 Å². The van der Waals surface area contributed by atoms with Gasteiger partial charge in [0.25, 0.3) is 0 Å². The molecule has 0 radical (unpaired) electrons. The zero-order chi connectivity index (χ0) is 14.8. The predicted octanol–water partition coefficient (Wildman–Crippen LogP) is 4.85. The summed E-state index contributed by atoms with van der Waals surface area (Å²) in [7, 11) is 1.59. The van der Waals surface area contributed by atoms with Crippen LogP contribution in [-0.2, 0) is 0 Å². The zero-order valence-corrected chi connectivity index (χ0v) is 13.0. The van der Waals surface area contributed by atoms with Crippen molar-refractivity contribution in [2.45, 2.75) is 52.5 Å². The minimum Gasteiger partial charge on any atom is -0.494 e. The van der Waals surface area contributed by atoms with Crippen molar-refractivity contribution in [3.8, 4) is 5.75 Å². The molecule has 0 saturated heterocycles. The van der Waals surface area contributed by atoms with Gasteiger partial charge >= 0.3 is 0 Å². The second-order valence-electron chi connectivity index (χ2n) is 6.85. The largest absolute Gasteiger partial charge is 0.494 e. The molecule has 2 rings (SSSR count). The third-order valence-corrected chi connectivity index (χ3v) is 4.38. The van der Waals surface area contributed by atoms with E-state index in [-0.39, 0.29) is 11.2 Å². The van der Waals surface area contributed by atoms with Gasteiger partial charge in [-0.2, -0.15) is 0 Å². The monoisotopic (exact) mass is 279 g/mol. The number of benzene rings is 1. The summed E-state index contributed by atoms with van der Waals surface area (Å²) < 4.78 is 18.6. The molecule has 2 atom stereocenters. The van der Waals surface area contributed by atoms with Gasteiger partial charge in [-0.25, -0.2) is 4.39 Å². The summed E-state index contributed by atoms with van der Waals surface area (Å²) >= 11 is 0. The van der Waals surface area contributed by atoms with Gasteiger partial charge in [0.2, 0.25) is 0 Å². The van der Waals surface area contributed by atoms with E-state index in [4.69, 9.17) is 4.74 Å². The minimum atomic E-state index is -0.261. The van der Waals surface area contributed by atoms with E-state index in [0.29, 0.717) is 17.7 Å². The highest BCUT2D eigenvalue weighted by atomic mass is 19.1. The fourth-order valence-corrected chi connectivity index (χ4v) is 3.32. The Morgan fingerprint density at radius 2 is 1.90 bits per heavy atom. The molecule has 1 aromatic carbocycles. The predicted molar refractivity (Wildman–Crippen MR) is 81.8 cm³/mol. The molecule has 1 aromatic rings. The first-order valence-corrected chi connectivity index (χ1v) is 7.52. The summed E-state index contributed by atoms with van der Waals surface area (Å²) in [4.78, 5) is 0. The molecule has 2 nitrogen and oxygen atoms in total. The summed E-state index contributed by atoms with van der Waals surface area (Å²) in [5, 5.41) is 3.59. The maximum absolute atomic E-state index is 13.3. The van der Waals surface area contributed by atoms with Gasteiger partial charge in [-0.05, 0) is 36.3 Å². The Bertz CT molecular complexity index is 453. The van der Waals surface area contributed by atoms with E-state index in [2.05, 4.69) is 26.1 Å². The molecule has 0 heterocycles. The van der Waals surface area contributed by atoms with Crippen molar-refractivity contribution in [2.24, 2.45) is 11.3 Å². The van der Waals surface area contributed by atoms with Crippen LogP contribution in [0.25, 0.3) is 0 Å². The molecule has 2 unspecified atom stereocenters. The van der Waals surface area contributed by atoms with Crippen LogP contribution < -0.4 is 10.1 Å². The molecule has 1 fully saturated rings. The van der Waals surface area contributed by atoms with E-state index in [0.717, 1.165) is 5.69 Å². The number of nitrogens with one attached hydrogen (secondary N) is 1. The summed E-state index contributed by atoms with van der Waals surface area (Å²) in [6, 6.07) is 5.14. The van der Waals surface area contributed by atoms with Crippen molar-refractivity contribution in [1.29, 1.82) is 0 Å². The Morgan fingerprint density at radius 3 is 2.55 bits per heavy atom. The first-order chi connectivity index (χ1) is 9.41. The molecule has 0 amide bonds. The average molecular weight is 279 g/mol. The van der Waals surface area contributed by atoms with Crippen LogP contribution in [0.3, 0.4) is 0 Å². The quantitative estimate of drug-likeness (QED) is 0.854. The second-order valence-corrected chi connectivity index (χ2v) is 6.85. The minimum absolute atomic E-state index is 0.261. The molecule has 20 heavy (non-hydrogen) atoms. The SMILES string of the molecule is COc1cc(F)ccc1NC1CCCCC1C(C)(C)C. The van der Waals surface area contributed by atoms with Crippen LogP contribution in [-0.4, -0.2) is 13.2 Å². The van der Waals surface area contributed by atoms with E-state index < -0.39 is 0 Å². The number of rotatable bonds is 3. The maximum atomic E-state index is 13.3. The second kappa shape index (κ2) is 6.02. The van der Waals surface area contributed by atoms with Crippen molar-refractivity contribution in [2.75, 3.05) is 12.4 Å². The van der Waals surface area contributed by atoms with Crippen molar-refractivity contribution < 1.29 is 9.13 Å². The lowest BCUT2D eigenvalue weighted by atomic mass is 9.69. The Balaban J connectivity index is 2.19. The Morgan fingerprint density at radius 1 is 1.20 bits per heavy atom. The van der Waals surface area contributed by atoms with Crippen LogP contribution in [0.15, 0.2) is 18.2 Å². The van der Waals surface area contributed by atoms with Crippen LogP contribution in [0.4, 0.5) is 10.1 Å². The molecular formula is C17H26FNO. The van der Waals surface area contributed by atoms with Crippen molar-refractivity contribution in [3.63, 3.8) is 0 Å². The number of hydrogen-bond acceptors (Lipinski definition) is 2. The molecule has 3 heteroatoms. The van der Waals surface area contributed by atoms with Crippen LogP contribution in [0.2, 0.25) is 0 Å². The van der Waals surface area contributed by atoms with Crippen LogP contribution in [0.1, 0.15) is 46.5 Å². The Kier molecular flexibility index (Phi) is 4.56. The highest BCUT2D eigenvalue weighted by molar-refractivity contribution is 5.57. The highest BCUT2D eigenvalue weighted by Crippen LogP contribution is 2.40. The van der Waals surface area contributed by atoms with Gasteiger partial charge in [0.05, 0.1) is 12.8 Å². The molecule has 0 bridgehead atoms. The Labute approximate surface area is 121 Å². The lowest BCUT2D eigenvalue weighted by Gasteiger charge is -2.41. The van der Waals surface area contributed by atoms with E-state index in [1.807, 2.05) is 0 Å². The third kappa shape index (κ3) is 3.44. The lowest BCUT2D eigenvalue weighted by Crippen LogP contribution is -2.39. The first kappa shape index (κ1) is 15.1. The van der Waals surface area contributed by atoms with Crippen molar-refractivity contribution in [3.05, 3.63) is 24.0 Å². The van der Waals surface area contributed by atoms with Gasteiger partial charge in [-0.1, -0.05) is 33.6 Å². The van der Waals surface area contributed by atoms with Gasteiger partial charge in [0, 0.05) is 12.1 Å². The van der Waals surface area contributed by atoms with Gasteiger partial charge in [0.1, 0.15) is 11.6 Å². The van der Waals surface area contributed by atoms with Gasteiger partial charge in [-0.3, -0.25) is 0 Å². The van der Waals surface area contributed by atoms with Crippen molar-refractivity contribution in [1.82, 2.24) is 0 Å². The van der Waals surface area contributed by atoms with Crippen LogP contribution >= 0.6 is 0 Å². The Hall–Kier alpha value is -1.25. The fourth-order valence-electron chi connectivity index (χ4n) is 3.32. The third-order valence-electron chi connectivity index (χ3n) is 4.38. The van der Waals surface area contributed by atoms with Crippen molar-refractivity contribution >= 4 is 5.69 Å². The maximum Gasteiger partial charge on any atom is 0.144 e.